The summed E-state index contributed by atoms with van der Waals surface area (Å²) in [4.78, 5) is 26.0. The molecule has 0 aliphatic carbocycles. The van der Waals surface area contributed by atoms with Gasteiger partial charge >= 0.3 is 6.68 Å². The van der Waals surface area contributed by atoms with Gasteiger partial charge in [-0.3, -0.25) is 9.78 Å². The molecule has 36 heavy (non-hydrogen) atoms. The van der Waals surface area contributed by atoms with Gasteiger partial charge in [0, 0.05) is 42.2 Å². The molecule has 1 aliphatic heterocycles. The molecule has 0 spiro atoms. The summed E-state index contributed by atoms with van der Waals surface area (Å²) in [7, 11) is 0. The predicted molar refractivity (Wildman–Crippen MR) is 123 cm³/mol. The normalized spacial score (nSPS) is 15.4. The summed E-state index contributed by atoms with van der Waals surface area (Å²) < 4.78 is 63.5. The van der Waals surface area contributed by atoms with Gasteiger partial charge in [-0.15, -0.1) is 0 Å². The maximum absolute atomic E-state index is 14.6. The van der Waals surface area contributed by atoms with Crippen molar-refractivity contribution >= 4 is 11.6 Å². The quantitative estimate of drug-likeness (QED) is 0.393. The van der Waals surface area contributed by atoms with Crippen LogP contribution in [-0.2, 0) is 4.74 Å². The number of hydrogen-bond donors (Lipinski definition) is 1. The maximum atomic E-state index is 14.6. The minimum Gasteiger partial charge on any atom is -0.372 e. The first-order chi connectivity index (χ1) is 17.2. The molecule has 1 unspecified atom stereocenters. The van der Waals surface area contributed by atoms with Gasteiger partial charge < -0.3 is 10.1 Å². The van der Waals surface area contributed by atoms with Crippen LogP contribution < -0.4 is 5.32 Å². The Morgan fingerprint density at radius 3 is 2.33 bits per heavy atom. The molecule has 2 aromatic heterocycles. The fraction of sp³-hybridized carbons (Fsp3) is 0.360. The van der Waals surface area contributed by atoms with Crippen molar-refractivity contribution in [2.45, 2.75) is 51.8 Å². The van der Waals surface area contributed by atoms with Crippen LogP contribution in [0.25, 0.3) is 11.1 Å². The van der Waals surface area contributed by atoms with Crippen molar-refractivity contribution in [2.24, 2.45) is 0 Å². The van der Waals surface area contributed by atoms with Crippen molar-refractivity contribution in [3.63, 3.8) is 0 Å². The molecule has 0 saturated carbocycles. The van der Waals surface area contributed by atoms with E-state index in [-0.39, 0.29) is 23.1 Å². The standard InChI is InChI=1S/C24H24F2N4O2.CHF3/c1-14(2)23-28-12-15(13-29-23)24(31)30-21-17(18-11-16(25)6-7-19(18)26)8-9-27-22(21)20-5-3-4-10-32-20;2-1(3)4/h6-9,11-14,20H,3-5,10H2,1-2H3,(H,30,31);1H. The number of anilines is 1. The Hall–Kier alpha value is -3.47. The number of benzene rings is 1. The van der Waals surface area contributed by atoms with Crippen molar-refractivity contribution in [1.29, 1.82) is 0 Å². The molecule has 4 rings (SSSR count). The highest BCUT2D eigenvalue weighted by Gasteiger charge is 2.25. The lowest BCUT2D eigenvalue weighted by Gasteiger charge is -2.25. The van der Waals surface area contributed by atoms with Gasteiger partial charge in [0.05, 0.1) is 16.9 Å². The number of carbonyl (C=O) groups excluding carboxylic acids is 1. The number of aromatic nitrogens is 3. The minimum atomic E-state index is -3.67. The van der Waals surface area contributed by atoms with Crippen LogP contribution in [0.15, 0.2) is 42.9 Å². The number of nitrogens with zero attached hydrogens (tertiary/aromatic N) is 3. The molecule has 11 heteroatoms. The van der Waals surface area contributed by atoms with Crippen LogP contribution in [0.1, 0.15) is 67.0 Å². The smallest absolute Gasteiger partial charge is 0.372 e. The molecule has 192 valence electrons. The van der Waals surface area contributed by atoms with Gasteiger partial charge in [0.25, 0.3) is 5.91 Å². The number of carbonyl (C=O) groups is 1. The van der Waals surface area contributed by atoms with E-state index in [1.165, 1.54) is 18.6 Å². The molecule has 3 aromatic rings. The van der Waals surface area contributed by atoms with Gasteiger partial charge in [-0.2, -0.15) is 13.2 Å². The van der Waals surface area contributed by atoms with Crippen molar-refractivity contribution in [1.82, 2.24) is 15.0 Å². The van der Waals surface area contributed by atoms with E-state index in [4.69, 9.17) is 4.74 Å². The number of rotatable bonds is 5. The largest absolute Gasteiger partial charge is 0.379 e. The molecule has 1 aliphatic rings. The van der Waals surface area contributed by atoms with Gasteiger partial charge in [0.2, 0.25) is 0 Å². The average Bonchev–Trinajstić information content (AvgIpc) is 2.86. The lowest BCUT2D eigenvalue weighted by atomic mass is 9.98. The second kappa shape index (κ2) is 12.5. The van der Waals surface area contributed by atoms with E-state index in [0.29, 0.717) is 29.4 Å². The van der Waals surface area contributed by atoms with Crippen LogP contribution in [0.3, 0.4) is 0 Å². The fourth-order valence-corrected chi connectivity index (χ4v) is 3.68. The first-order valence-electron chi connectivity index (χ1n) is 11.3. The Morgan fingerprint density at radius 1 is 1.03 bits per heavy atom. The number of halogens is 5. The highest BCUT2D eigenvalue weighted by Crippen LogP contribution is 2.38. The summed E-state index contributed by atoms with van der Waals surface area (Å²) in [5.41, 5.74) is 1.39. The molecule has 3 heterocycles. The second-order valence-electron chi connectivity index (χ2n) is 8.28. The molecular formula is C25H25F5N4O2. The molecule has 0 bridgehead atoms. The van der Waals surface area contributed by atoms with Gasteiger partial charge in [0.1, 0.15) is 23.6 Å². The second-order valence-corrected chi connectivity index (χ2v) is 8.28. The van der Waals surface area contributed by atoms with Gasteiger partial charge in [-0.25, -0.2) is 18.7 Å². The third kappa shape index (κ3) is 7.03. The third-order valence-electron chi connectivity index (χ3n) is 5.37. The molecule has 1 fully saturated rings. The zero-order valence-corrected chi connectivity index (χ0v) is 19.6. The van der Waals surface area contributed by atoms with Crippen LogP contribution in [0, 0.1) is 11.6 Å². The molecule has 1 aromatic carbocycles. The highest BCUT2D eigenvalue weighted by molar-refractivity contribution is 6.06. The number of alkyl halides is 3. The first-order valence-corrected chi connectivity index (χ1v) is 11.3. The molecule has 1 saturated heterocycles. The molecule has 1 atom stereocenters. The van der Waals surface area contributed by atoms with E-state index in [9.17, 15) is 26.7 Å². The Bertz CT molecular complexity index is 1170. The van der Waals surface area contributed by atoms with Crippen molar-refractivity contribution in [2.75, 3.05) is 11.9 Å². The minimum absolute atomic E-state index is 0.0335. The summed E-state index contributed by atoms with van der Waals surface area (Å²) in [6.07, 6.45) is 6.68. The third-order valence-corrected chi connectivity index (χ3v) is 5.37. The summed E-state index contributed by atoms with van der Waals surface area (Å²) >= 11 is 0. The summed E-state index contributed by atoms with van der Waals surface area (Å²) in [5, 5.41) is 2.84. The summed E-state index contributed by atoms with van der Waals surface area (Å²) in [5.74, 6) is -0.898. The Morgan fingerprint density at radius 2 is 1.72 bits per heavy atom. The predicted octanol–water partition coefficient (Wildman–Crippen LogP) is 6.61. The molecular weight excluding hydrogens is 483 g/mol. The first kappa shape index (κ1) is 27.1. The Balaban J connectivity index is 0.000000840. The molecule has 1 amide bonds. The summed E-state index contributed by atoms with van der Waals surface area (Å²) in [6, 6.07) is 4.77. The van der Waals surface area contributed by atoms with E-state index >= 15 is 0 Å². The van der Waals surface area contributed by atoms with Gasteiger partial charge in [-0.05, 0) is 43.5 Å². The zero-order chi connectivity index (χ0) is 26.2. The summed E-state index contributed by atoms with van der Waals surface area (Å²) in [6.45, 7) is 0.824. The molecule has 1 N–H and O–H groups in total. The van der Waals surface area contributed by atoms with Crippen molar-refractivity contribution < 1.29 is 31.5 Å². The molecule has 6 nitrogen and oxygen atoms in total. The van der Waals surface area contributed by atoms with Gasteiger partial charge in [0.15, 0.2) is 0 Å². The zero-order valence-electron chi connectivity index (χ0n) is 19.6. The number of hydrogen-bond acceptors (Lipinski definition) is 5. The van der Waals surface area contributed by atoms with Crippen molar-refractivity contribution in [3.05, 3.63) is 71.6 Å². The fourth-order valence-electron chi connectivity index (χ4n) is 3.68. The molecule has 0 radical (unpaired) electrons. The van der Waals surface area contributed by atoms with Crippen LogP contribution >= 0.6 is 0 Å². The number of nitrogens with one attached hydrogen (secondary N) is 1. The van der Waals surface area contributed by atoms with Crippen LogP contribution in [0.2, 0.25) is 0 Å². The van der Waals surface area contributed by atoms with E-state index < -0.39 is 24.2 Å². The Kier molecular flexibility index (Phi) is 9.40. The van der Waals surface area contributed by atoms with E-state index in [0.717, 1.165) is 37.5 Å². The van der Waals surface area contributed by atoms with Crippen molar-refractivity contribution in [3.8, 4) is 11.1 Å². The highest BCUT2D eigenvalue weighted by atomic mass is 19.4. The lowest BCUT2D eigenvalue weighted by Crippen LogP contribution is -2.20. The lowest BCUT2D eigenvalue weighted by molar-refractivity contribution is 0.00816. The van der Waals surface area contributed by atoms with Crippen LogP contribution in [0.5, 0.6) is 0 Å². The topological polar surface area (TPSA) is 77.0 Å². The Labute approximate surface area is 205 Å². The number of pyridine rings is 1. The number of ether oxygens (including phenoxy) is 1. The van der Waals surface area contributed by atoms with E-state index in [1.807, 2.05) is 13.8 Å². The monoisotopic (exact) mass is 508 g/mol. The van der Waals surface area contributed by atoms with E-state index in [1.54, 1.807) is 6.07 Å². The van der Waals surface area contributed by atoms with Crippen LogP contribution in [0.4, 0.5) is 27.6 Å². The van der Waals surface area contributed by atoms with E-state index in [2.05, 4.69) is 20.3 Å². The van der Waals surface area contributed by atoms with Crippen LogP contribution in [-0.4, -0.2) is 34.1 Å². The SMILES string of the molecule is CC(C)c1ncc(C(=O)Nc2c(-c3cc(F)ccc3F)ccnc2C2CCCCO2)cn1.FC(F)F. The number of amides is 1. The maximum Gasteiger partial charge on any atom is 0.379 e. The van der Waals surface area contributed by atoms with Gasteiger partial charge in [-0.1, -0.05) is 13.8 Å². The average molecular weight is 508 g/mol.